The standard InChI is InChI=1S/C20H11ClN4OS/c21-19-16(6-3-10-23-19)25-17(24-15-9-11-27-18(15)20(25)26)8-7-13-4-1-2-5-14(13)12-22/h1-11H. The van der Waals surface area contributed by atoms with Crippen molar-refractivity contribution in [3.8, 4) is 11.8 Å². The molecule has 0 spiro atoms. The van der Waals surface area contributed by atoms with Crippen molar-refractivity contribution in [1.29, 1.82) is 5.26 Å². The van der Waals surface area contributed by atoms with Crippen LogP contribution in [-0.4, -0.2) is 14.5 Å². The highest BCUT2D eigenvalue weighted by atomic mass is 35.5. The Hall–Kier alpha value is -3.27. The highest BCUT2D eigenvalue weighted by molar-refractivity contribution is 7.17. The highest BCUT2D eigenvalue weighted by Gasteiger charge is 2.14. The van der Waals surface area contributed by atoms with Crippen LogP contribution >= 0.6 is 22.9 Å². The SMILES string of the molecule is N#Cc1ccccc1C=Cc1nc2ccsc2c(=O)n1-c1cccnc1Cl. The van der Waals surface area contributed by atoms with Gasteiger partial charge >= 0.3 is 0 Å². The maximum absolute atomic E-state index is 13.1. The minimum absolute atomic E-state index is 0.210. The fourth-order valence-electron chi connectivity index (χ4n) is 2.73. The molecule has 7 heteroatoms. The van der Waals surface area contributed by atoms with Gasteiger partial charge in [0.15, 0.2) is 5.15 Å². The van der Waals surface area contributed by atoms with Crippen molar-refractivity contribution in [3.05, 3.63) is 86.5 Å². The van der Waals surface area contributed by atoms with E-state index in [2.05, 4.69) is 16.0 Å². The van der Waals surface area contributed by atoms with Crippen molar-refractivity contribution in [2.75, 3.05) is 0 Å². The maximum atomic E-state index is 13.1. The molecule has 3 heterocycles. The van der Waals surface area contributed by atoms with Gasteiger partial charge in [-0.05, 0) is 47.4 Å². The molecule has 5 nitrogen and oxygen atoms in total. The molecule has 0 aliphatic heterocycles. The van der Waals surface area contributed by atoms with Crippen LogP contribution in [0.2, 0.25) is 5.15 Å². The molecule has 3 aromatic heterocycles. The normalized spacial score (nSPS) is 11.1. The molecular weight excluding hydrogens is 380 g/mol. The third kappa shape index (κ3) is 3.14. The molecular formula is C20H11ClN4OS. The van der Waals surface area contributed by atoms with Crippen LogP contribution in [0.3, 0.4) is 0 Å². The van der Waals surface area contributed by atoms with Crippen molar-refractivity contribution in [2.24, 2.45) is 0 Å². The summed E-state index contributed by atoms with van der Waals surface area (Å²) in [6, 6.07) is 14.6. The predicted molar refractivity (Wildman–Crippen MR) is 108 cm³/mol. The molecule has 4 aromatic rings. The molecule has 0 atom stereocenters. The Balaban J connectivity index is 1.96. The van der Waals surface area contributed by atoms with Crippen molar-refractivity contribution in [2.45, 2.75) is 0 Å². The van der Waals surface area contributed by atoms with E-state index in [1.165, 1.54) is 15.9 Å². The molecule has 0 bridgehead atoms. The Kier molecular flexibility index (Phi) is 4.55. The average Bonchev–Trinajstić information content (AvgIpc) is 3.16. The molecule has 0 radical (unpaired) electrons. The maximum Gasteiger partial charge on any atom is 0.276 e. The van der Waals surface area contributed by atoms with Crippen LogP contribution in [-0.2, 0) is 0 Å². The summed E-state index contributed by atoms with van der Waals surface area (Å²) in [6.07, 6.45) is 5.03. The Morgan fingerprint density at radius 3 is 2.81 bits per heavy atom. The topological polar surface area (TPSA) is 71.6 Å². The first-order valence-corrected chi connectivity index (χ1v) is 9.23. The molecule has 0 aliphatic carbocycles. The first-order chi connectivity index (χ1) is 13.2. The van der Waals surface area contributed by atoms with E-state index in [0.29, 0.717) is 27.3 Å². The Morgan fingerprint density at radius 2 is 2.00 bits per heavy atom. The van der Waals surface area contributed by atoms with Gasteiger partial charge in [0.05, 0.1) is 22.8 Å². The number of hydrogen-bond donors (Lipinski definition) is 0. The van der Waals surface area contributed by atoms with E-state index in [0.717, 1.165) is 5.56 Å². The molecule has 0 aliphatic rings. The lowest BCUT2D eigenvalue weighted by molar-refractivity contribution is 0.939. The van der Waals surface area contributed by atoms with Gasteiger partial charge in [-0.1, -0.05) is 29.8 Å². The second-order valence-electron chi connectivity index (χ2n) is 5.59. The van der Waals surface area contributed by atoms with Crippen molar-refractivity contribution >= 4 is 45.3 Å². The third-order valence-electron chi connectivity index (χ3n) is 3.98. The number of pyridine rings is 1. The lowest BCUT2D eigenvalue weighted by Gasteiger charge is -2.11. The molecule has 0 N–H and O–H groups in total. The summed E-state index contributed by atoms with van der Waals surface area (Å²) in [5.41, 5.74) is 2.15. The Bertz CT molecular complexity index is 1280. The zero-order valence-corrected chi connectivity index (χ0v) is 15.4. The minimum atomic E-state index is -0.210. The lowest BCUT2D eigenvalue weighted by atomic mass is 10.1. The summed E-state index contributed by atoms with van der Waals surface area (Å²) in [4.78, 5) is 21.7. The van der Waals surface area contributed by atoms with Crippen LogP contribution in [0.5, 0.6) is 0 Å². The predicted octanol–water partition coefficient (Wildman–Crippen LogP) is 4.54. The summed E-state index contributed by atoms with van der Waals surface area (Å²) in [5.74, 6) is 0.411. The fourth-order valence-corrected chi connectivity index (χ4v) is 3.69. The fraction of sp³-hybridized carbons (Fsp3) is 0. The summed E-state index contributed by atoms with van der Waals surface area (Å²) in [5, 5.41) is 11.3. The Morgan fingerprint density at radius 1 is 1.15 bits per heavy atom. The van der Waals surface area contributed by atoms with Gasteiger partial charge in [0.1, 0.15) is 10.5 Å². The van der Waals surface area contributed by atoms with Gasteiger partial charge in [0.25, 0.3) is 5.56 Å². The van der Waals surface area contributed by atoms with Gasteiger partial charge in [-0.2, -0.15) is 5.26 Å². The van der Waals surface area contributed by atoms with E-state index in [1.807, 2.05) is 17.5 Å². The average molecular weight is 391 g/mol. The number of halogens is 1. The van der Waals surface area contributed by atoms with Crippen LogP contribution < -0.4 is 5.56 Å². The number of nitriles is 1. The smallest absolute Gasteiger partial charge is 0.267 e. The minimum Gasteiger partial charge on any atom is -0.267 e. The molecule has 130 valence electrons. The summed E-state index contributed by atoms with van der Waals surface area (Å²) >= 11 is 7.56. The van der Waals surface area contributed by atoms with Crippen LogP contribution in [0.15, 0.2) is 58.8 Å². The van der Waals surface area contributed by atoms with E-state index in [1.54, 1.807) is 48.7 Å². The first-order valence-electron chi connectivity index (χ1n) is 7.97. The molecule has 4 rings (SSSR count). The number of fused-ring (bicyclic) bond motifs is 1. The monoisotopic (exact) mass is 390 g/mol. The molecule has 0 unspecified atom stereocenters. The quantitative estimate of drug-likeness (QED) is 0.481. The van der Waals surface area contributed by atoms with Crippen LogP contribution in [0.25, 0.3) is 28.1 Å². The number of benzene rings is 1. The van der Waals surface area contributed by atoms with Gasteiger partial charge in [0, 0.05) is 6.20 Å². The van der Waals surface area contributed by atoms with Crippen molar-refractivity contribution in [3.63, 3.8) is 0 Å². The second kappa shape index (κ2) is 7.16. The van der Waals surface area contributed by atoms with Crippen molar-refractivity contribution < 1.29 is 0 Å². The van der Waals surface area contributed by atoms with E-state index < -0.39 is 0 Å². The van der Waals surface area contributed by atoms with E-state index >= 15 is 0 Å². The van der Waals surface area contributed by atoms with Crippen LogP contribution in [0.4, 0.5) is 0 Å². The van der Waals surface area contributed by atoms with Gasteiger partial charge in [0.2, 0.25) is 0 Å². The second-order valence-corrected chi connectivity index (χ2v) is 6.87. The number of thiophene rings is 1. The molecule has 0 fully saturated rings. The highest BCUT2D eigenvalue weighted by Crippen LogP contribution is 2.22. The molecule has 0 saturated carbocycles. The summed E-state index contributed by atoms with van der Waals surface area (Å²) in [7, 11) is 0. The van der Waals surface area contributed by atoms with Gasteiger partial charge in [-0.15, -0.1) is 11.3 Å². The lowest BCUT2D eigenvalue weighted by Crippen LogP contribution is -2.22. The number of hydrogen-bond acceptors (Lipinski definition) is 5. The molecule has 27 heavy (non-hydrogen) atoms. The van der Waals surface area contributed by atoms with Crippen molar-refractivity contribution in [1.82, 2.24) is 14.5 Å². The van der Waals surface area contributed by atoms with Crippen LogP contribution in [0.1, 0.15) is 17.0 Å². The van der Waals surface area contributed by atoms with E-state index in [-0.39, 0.29) is 10.7 Å². The zero-order valence-electron chi connectivity index (χ0n) is 13.8. The number of nitrogens with zero attached hydrogens (tertiary/aromatic N) is 4. The molecule has 0 amide bonds. The van der Waals surface area contributed by atoms with E-state index in [4.69, 9.17) is 11.6 Å². The van der Waals surface area contributed by atoms with Gasteiger partial charge < -0.3 is 0 Å². The molecule has 0 saturated heterocycles. The summed E-state index contributed by atoms with van der Waals surface area (Å²) < 4.78 is 1.99. The molecule has 1 aromatic carbocycles. The largest absolute Gasteiger partial charge is 0.276 e. The van der Waals surface area contributed by atoms with Gasteiger partial charge in [-0.3, -0.25) is 9.36 Å². The Labute approximate surface area is 163 Å². The van der Waals surface area contributed by atoms with Gasteiger partial charge in [-0.25, -0.2) is 9.97 Å². The number of aromatic nitrogens is 3. The van der Waals surface area contributed by atoms with E-state index in [9.17, 15) is 10.1 Å². The number of rotatable bonds is 3. The summed E-state index contributed by atoms with van der Waals surface area (Å²) in [6.45, 7) is 0. The third-order valence-corrected chi connectivity index (χ3v) is 5.16. The van der Waals surface area contributed by atoms with Crippen LogP contribution in [0, 0.1) is 11.3 Å². The zero-order chi connectivity index (χ0) is 18.8. The first kappa shape index (κ1) is 17.2.